The Morgan fingerprint density at radius 1 is 1.05 bits per heavy atom. The Hall–Kier alpha value is -1.47. The van der Waals surface area contributed by atoms with E-state index < -0.39 is 0 Å². The van der Waals surface area contributed by atoms with E-state index >= 15 is 0 Å². The van der Waals surface area contributed by atoms with Crippen LogP contribution in [0.5, 0.6) is 5.75 Å². The third-order valence-electron chi connectivity index (χ3n) is 3.21. The topological polar surface area (TPSA) is 9.23 Å². The molecule has 2 aromatic carbocycles. The Balaban J connectivity index is 2.07. The predicted molar refractivity (Wildman–Crippen MR) is 81.1 cm³/mol. The minimum absolute atomic E-state index is 0.00298. The van der Waals surface area contributed by atoms with E-state index in [1.54, 1.807) is 0 Å². The van der Waals surface area contributed by atoms with Crippen molar-refractivity contribution in [3.63, 3.8) is 0 Å². The van der Waals surface area contributed by atoms with Gasteiger partial charge in [-0.3, -0.25) is 0 Å². The molecule has 0 saturated carbocycles. The Bertz CT molecular complexity index is 519. The molecule has 2 heteroatoms. The van der Waals surface area contributed by atoms with E-state index in [0.29, 0.717) is 6.61 Å². The summed E-state index contributed by atoms with van der Waals surface area (Å²) in [6.45, 7) is 4.79. The van der Waals surface area contributed by atoms with Crippen LogP contribution in [0.4, 0.5) is 0 Å². The van der Waals surface area contributed by atoms with Crippen molar-refractivity contribution < 1.29 is 4.74 Å². The van der Waals surface area contributed by atoms with Crippen LogP contribution >= 0.6 is 11.6 Å². The van der Waals surface area contributed by atoms with Crippen LogP contribution in [0, 0.1) is 6.92 Å². The Morgan fingerprint density at radius 3 is 2.37 bits per heavy atom. The van der Waals surface area contributed by atoms with Crippen molar-refractivity contribution in [1.82, 2.24) is 0 Å². The fraction of sp³-hybridized carbons (Fsp3) is 0.294. The van der Waals surface area contributed by atoms with Crippen LogP contribution in [-0.2, 0) is 6.42 Å². The monoisotopic (exact) mass is 274 g/mol. The summed E-state index contributed by atoms with van der Waals surface area (Å²) in [5, 5.41) is -0.00298. The third-order valence-corrected chi connectivity index (χ3v) is 3.62. The highest BCUT2D eigenvalue weighted by atomic mass is 35.5. The fourth-order valence-electron chi connectivity index (χ4n) is 2.09. The predicted octanol–water partition coefficient (Wildman–Crippen LogP) is 4.92. The van der Waals surface area contributed by atoms with E-state index in [9.17, 15) is 0 Å². The van der Waals surface area contributed by atoms with E-state index in [1.165, 1.54) is 11.1 Å². The van der Waals surface area contributed by atoms with Gasteiger partial charge in [-0.1, -0.05) is 36.4 Å². The quantitative estimate of drug-likeness (QED) is 0.704. The van der Waals surface area contributed by atoms with Crippen molar-refractivity contribution >= 4 is 11.6 Å². The lowest BCUT2D eigenvalue weighted by Crippen LogP contribution is -1.98. The third kappa shape index (κ3) is 3.74. The minimum atomic E-state index is -0.00298. The summed E-state index contributed by atoms with van der Waals surface area (Å²) in [5.74, 6) is 0.894. The minimum Gasteiger partial charge on any atom is -0.494 e. The second-order valence-corrected chi connectivity index (χ2v) is 5.13. The molecule has 19 heavy (non-hydrogen) atoms. The van der Waals surface area contributed by atoms with Crippen LogP contribution in [0.15, 0.2) is 48.5 Å². The van der Waals surface area contributed by atoms with Gasteiger partial charge >= 0.3 is 0 Å². The van der Waals surface area contributed by atoms with Crippen LogP contribution in [0.3, 0.4) is 0 Å². The van der Waals surface area contributed by atoms with Gasteiger partial charge < -0.3 is 4.74 Å². The van der Waals surface area contributed by atoms with Crippen molar-refractivity contribution in [2.24, 2.45) is 0 Å². The highest BCUT2D eigenvalue weighted by Crippen LogP contribution is 2.27. The summed E-state index contributed by atoms with van der Waals surface area (Å²) >= 11 is 6.50. The Labute approximate surface area is 120 Å². The van der Waals surface area contributed by atoms with Gasteiger partial charge in [0.1, 0.15) is 5.75 Å². The molecule has 0 fully saturated rings. The summed E-state index contributed by atoms with van der Waals surface area (Å²) in [5.41, 5.74) is 3.73. The molecule has 1 nitrogen and oxygen atoms in total. The summed E-state index contributed by atoms with van der Waals surface area (Å²) in [7, 11) is 0. The number of hydrogen-bond donors (Lipinski definition) is 0. The zero-order valence-electron chi connectivity index (χ0n) is 11.4. The number of hydrogen-bond acceptors (Lipinski definition) is 1. The van der Waals surface area contributed by atoms with Gasteiger partial charge in [-0.05, 0) is 49.1 Å². The maximum Gasteiger partial charge on any atom is 0.119 e. The zero-order valence-corrected chi connectivity index (χ0v) is 12.2. The number of benzene rings is 2. The lowest BCUT2D eigenvalue weighted by atomic mass is 10.0. The molecule has 0 heterocycles. The van der Waals surface area contributed by atoms with Crippen molar-refractivity contribution in [3.05, 3.63) is 65.2 Å². The Morgan fingerprint density at radius 2 is 1.74 bits per heavy atom. The normalized spacial score (nSPS) is 12.2. The smallest absolute Gasteiger partial charge is 0.119 e. The molecule has 0 N–H and O–H groups in total. The molecule has 0 radical (unpaired) electrons. The van der Waals surface area contributed by atoms with Crippen LogP contribution in [0.1, 0.15) is 29.0 Å². The second kappa shape index (κ2) is 6.63. The molecule has 0 aliphatic rings. The fourth-order valence-corrected chi connectivity index (χ4v) is 2.40. The summed E-state index contributed by atoms with van der Waals surface area (Å²) < 4.78 is 5.43. The van der Waals surface area contributed by atoms with E-state index in [2.05, 4.69) is 31.2 Å². The summed E-state index contributed by atoms with van der Waals surface area (Å²) in [6.07, 6.45) is 0.849. The molecule has 100 valence electrons. The first-order valence-corrected chi connectivity index (χ1v) is 7.05. The molecule has 0 aromatic heterocycles. The van der Waals surface area contributed by atoms with Gasteiger partial charge in [-0.25, -0.2) is 0 Å². The second-order valence-electron chi connectivity index (χ2n) is 4.60. The summed E-state index contributed by atoms with van der Waals surface area (Å²) in [6, 6.07) is 16.4. The van der Waals surface area contributed by atoms with Crippen molar-refractivity contribution in [2.75, 3.05) is 6.61 Å². The molecule has 1 atom stereocenters. The molecular formula is C17H19ClO. The molecule has 0 spiro atoms. The maximum atomic E-state index is 6.50. The number of aryl methyl sites for hydroxylation is 1. The SMILES string of the molecule is CCOc1ccc(C(Cl)Cc2ccccc2C)cc1. The van der Waals surface area contributed by atoms with Gasteiger partial charge in [0.05, 0.1) is 12.0 Å². The van der Waals surface area contributed by atoms with E-state index in [0.717, 1.165) is 17.7 Å². The highest BCUT2D eigenvalue weighted by Gasteiger charge is 2.10. The lowest BCUT2D eigenvalue weighted by Gasteiger charge is -2.12. The number of rotatable bonds is 5. The first kappa shape index (κ1) is 14.0. The van der Waals surface area contributed by atoms with E-state index in [1.807, 2.05) is 31.2 Å². The number of alkyl halides is 1. The average Bonchev–Trinajstić information content (AvgIpc) is 2.42. The first-order chi connectivity index (χ1) is 9.20. The molecule has 0 amide bonds. The van der Waals surface area contributed by atoms with Gasteiger partial charge in [0, 0.05) is 0 Å². The zero-order chi connectivity index (χ0) is 13.7. The van der Waals surface area contributed by atoms with Crippen LogP contribution in [0.25, 0.3) is 0 Å². The van der Waals surface area contributed by atoms with Crippen molar-refractivity contribution in [2.45, 2.75) is 25.6 Å². The largest absolute Gasteiger partial charge is 0.494 e. The van der Waals surface area contributed by atoms with Crippen molar-refractivity contribution in [3.8, 4) is 5.75 Å². The molecule has 2 aromatic rings. The van der Waals surface area contributed by atoms with Gasteiger partial charge in [0.15, 0.2) is 0 Å². The van der Waals surface area contributed by atoms with E-state index in [-0.39, 0.29) is 5.38 Å². The number of halogens is 1. The van der Waals surface area contributed by atoms with E-state index in [4.69, 9.17) is 16.3 Å². The molecule has 1 unspecified atom stereocenters. The van der Waals surface area contributed by atoms with Gasteiger partial charge in [-0.2, -0.15) is 0 Å². The molecule has 0 bridgehead atoms. The van der Waals surface area contributed by atoms with Gasteiger partial charge in [-0.15, -0.1) is 11.6 Å². The highest BCUT2D eigenvalue weighted by molar-refractivity contribution is 6.20. The average molecular weight is 275 g/mol. The van der Waals surface area contributed by atoms with Crippen LogP contribution in [-0.4, -0.2) is 6.61 Å². The molecular weight excluding hydrogens is 256 g/mol. The van der Waals surface area contributed by atoms with Gasteiger partial charge in [0.2, 0.25) is 0 Å². The van der Waals surface area contributed by atoms with Crippen molar-refractivity contribution in [1.29, 1.82) is 0 Å². The molecule has 0 aliphatic heterocycles. The van der Waals surface area contributed by atoms with Crippen LogP contribution < -0.4 is 4.74 Å². The first-order valence-electron chi connectivity index (χ1n) is 6.62. The number of ether oxygens (including phenoxy) is 1. The Kier molecular flexibility index (Phi) is 4.86. The standard InChI is InChI=1S/C17H19ClO/c1-3-19-16-10-8-14(9-11-16)17(18)12-15-7-5-4-6-13(15)2/h4-11,17H,3,12H2,1-2H3. The maximum absolute atomic E-state index is 6.50. The lowest BCUT2D eigenvalue weighted by molar-refractivity contribution is 0.340. The molecule has 2 rings (SSSR count). The molecule has 0 aliphatic carbocycles. The summed E-state index contributed by atoms with van der Waals surface area (Å²) in [4.78, 5) is 0. The van der Waals surface area contributed by atoms with Crippen LogP contribution in [0.2, 0.25) is 0 Å². The van der Waals surface area contributed by atoms with Gasteiger partial charge in [0.25, 0.3) is 0 Å². The molecule has 0 saturated heterocycles.